The smallest absolute Gasteiger partial charge is 0.323 e. The van der Waals surface area contributed by atoms with Crippen molar-refractivity contribution in [2.75, 3.05) is 12.3 Å². The molecule has 1 unspecified atom stereocenters. The molecule has 0 radical (unpaired) electrons. The third kappa shape index (κ3) is 3.84. The first-order valence-electron chi connectivity index (χ1n) is 5.93. The van der Waals surface area contributed by atoms with Gasteiger partial charge in [0.05, 0.1) is 11.5 Å². The average Bonchev–Trinajstić information content (AvgIpc) is 2.35. The molecule has 1 atom stereocenters. The minimum Gasteiger partial charge on any atom is -0.465 e. The van der Waals surface area contributed by atoms with Crippen molar-refractivity contribution in [1.29, 1.82) is 0 Å². The van der Waals surface area contributed by atoms with Crippen LogP contribution >= 0.6 is 11.6 Å². The third-order valence-electron chi connectivity index (χ3n) is 2.64. The van der Waals surface area contributed by atoms with Crippen LogP contribution in [0.15, 0.2) is 17.0 Å². The van der Waals surface area contributed by atoms with Crippen LogP contribution in [0.3, 0.4) is 0 Å². The number of nitrogens with two attached hydrogens (primary N) is 1. The second-order valence-corrected chi connectivity index (χ2v) is 6.34. The molecule has 0 spiro atoms. The van der Waals surface area contributed by atoms with Crippen LogP contribution in [0.2, 0.25) is 5.02 Å². The Morgan fingerprint density at radius 2 is 2.10 bits per heavy atom. The maximum absolute atomic E-state index is 12.1. The van der Waals surface area contributed by atoms with Crippen LogP contribution in [-0.4, -0.2) is 27.0 Å². The normalized spacial score (nSPS) is 13.0. The molecule has 8 heteroatoms. The molecule has 0 aliphatic carbocycles. The summed E-state index contributed by atoms with van der Waals surface area (Å²) in [6.07, 6.45) is 0. The Morgan fingerprint density at radius 3 is 2.60 bits per heavy atom. The Bertz CT molecular complexity index is 593. The van der Waals surface area contributed by atoms with Gasteiger partial charge in [0.25, 0.3) is 0 Å². The van der Waals surface area contributed by atoms with Crippen LogP contribution in [-0.2, 0) is 19.6 Å². The summed E-state index contributed by atoms with van der Waals surface area (Å²) in [5.41, 5.74) is 6.55. The number of nitrogen functional groups attached to an aromatic ring is 1. The summed E-state index contributed by atoms with van der Waals surface area (Å²) in [7, 11) is -3.90. The minimum absolute atomic E-state index is 0.0956. The molecule has 0 saturated carbocycles. The molecule has 1 aromatic rings. The van der Waals surface area contributed by atoms with E-state index in [2.05, 4.69) is 4.72 Å². The lowest BCUT2D eigenvalue weighted by molar-refractivity contribution is -0.144. The zero-order chi connectivity index (χ0) is 15.5. The lowest BCUT2D eigenvalue weighted by Gasteiger charge is -2.14. The molecule has 0 heterocycles. The SMILES string of the molecule is CCOC(=O)C(C)NS(=O)(=O)c1cc(N)c(C)c(Cl)c1. The molecule has 0 aliphatic rings. The summed E-state index contributed by atoms with van der Waals surface area (Å²) >= 11 is 5.91. The molecule has 112 valence electrons. The van der Waals surface area contributed by atoms with E-state index < -0.39 is 22.0 Å². The van der Waals surface area contributed by atoms with E-state index in [1.54, 1.807) is 13.8 Å². The van der Waals surface area contributed by atoms with Crippen LogP contribution in [0.4, 0.5) is 5.69 Å². The number of carbonyl (C=O) groups is 1. The van der Waals surface area contributed by atoms with E-state index >= 15 is 0 Å². The highest BCUT2D eigenvalue weighted by atomic mass is 35.5. The Morgan fingerprint density at radius 1 is 1.50 bits per heavy atom. The molecule has 3 N–H and O–H groups in total. The number of benzene rings is 1. The molecule has 0 aromatic heterocycles. The quantitative estimate of drug-likeness (QED) is 0.632. The van der Waals surface area contributed by atoms with E-state index in [1.165, 1.54) is 19.1 Å². The highest BCUT2D eigenvalue weighted by molar-refractivity contribution is 7.89. The van der Waals surface area contributed by atoms with Gasteiger partial charge in [-0.05, 0) is 38.5 Å². The minimum atomic E-state index is -3.90. The van der Waals surface area contributed by atoms with Gasteiger partial charge in [-0.15, -0.1) is 0 Å². The molecule has 6 nitrogen and oxygen atoms in total. The first-order valence-corrected chi connectivity index (χ1v) is 7.79. The second-order valence-electron chi connectivity index (χ2n) is 4.21. The van der Waals surface area contributed by atoms with Crippen molar-refractivity contribution in [2.24, 2.45) is 0 Å². The molecule has 1 rings (SSSR count). The molecule has 0 aliphatic heterocycles. The van der Waals surface area contributed by atoms with Gasteiger partial charge < -0.3 is 10.5 Å². The van der Waals surface area contributed by atoms with Crippen LogP contribution < -0.4 is 10.5 Å². The fraction of sp³-hybridized carbons (Fsp3) is 0.417. The molecule has 1 aromatic carbocycles. The van der Waals surface area contributed by atoms with Crippen molar-refractivity contribution in [1.82, 2.24) is 4.72 Å². The van der Waals surface area contributed by atoms with E-state index in [1.807, 2.05) is 0 Å². The zero-order valence-corrected chi connectivity index (χ0v) is 13.0. The van der Waals surface area contributed by atoms with Gasteiger partial charge in [-0.2, -0.15) is 4.72 Å². The zero-order valence-electron chi connectivity index (χ0n) is 11.4. The maximum atomic E-state index is 12.1. The number of nitrogens with one attached hydrogen (secondary N) is 1. The van der Waals surface area contributed by atoms with Gasteiger partial charge in [-0.25, -0.2) is 8.42 Å². The standard InChI is InChI=1S/C12H17ClN2O4S/c1-4-19-12(16)8(3)15-20(17,18)9-5-10(13)7(2)11(14)6-9/h5-6,8,15H,4,14H2,1-3H3. The van der Waals surface area contributed by atoms with Gasteiger partial charge in [0.2, 0.25) is 10.0 Å². The molecule has 0 fully saturated rings. The fourth-order valence-corrected chi connectivity index (χ4v) is 2.99. The van der Waals surface area contributed by atoms with Crippen molar-refractivity contribution in [3.05, 3.63) is 22.7 Å². The highest BCUT2D eigenvalue weighted by Crippen LogP contribution is 2.25. The number of esters is 1. The molecule has 0 bridgehead atoms. The Balaban J connectivity index is 3.03. The number of ether oxygens (including phenoxy) is 1. The Kier molecular flexibility index (Phi) is 5.38. The van der Waals surface area contributed by atoms with E-state index in [-0.39, 0.29) is 22.2 Å². The third-order valence-corrected chi connectivity index (χ3v) is 4.55. The van der Waals surface area contributed by atoms with Gasteiger partial charge in [0.1, 0.15) is 6.04 Å². The molecular weight excluding hydrogens is 304 g/mol. The van der Waals surface area contributed by atoms with Gasteiger partial charge in [0, 0.05) is 10.7 Å². The van der Waals surface area contributed by atoms with Crippen molar-refractivity contribution in [3.63, 3.8) is 0 Å². The maximum Gasteiger partial charge on any atom is 0.323 e. The van der Waals surface area contributed by atoms with Crippen LogP contribution in [0.5, 0.6) is 0 Å². The van der Waals surface area contributed by atoms with Crippen LogP contribution in [0, 0.1) is 6.92 Å². The molecule has 0 saturated heterocycles. The lowest BCUT2D eigenvalue weighted by Crippen LogP contribution is -2.39. The largest absolute Gasteiger partial charge is 0.465 e. The lowest BCUT2D eigenvalue weighted by atomic mass is 10.2. The van der Waals surface area contributed by atoms with Crippen LogP contribution in [0.25, 0.3) is 0 Å². The van der Waals surface area contributed by atoms with Crippen molar-refractivity contribution < 1.29 is 17.9 Å². The number of hydrogen-bond donors (Lipinski definition) is 2. The number of rotatable bonds is 5. The number of anilines is 1. The number of carbonyl (C=O) groups excluding carboxylic acids is 1. The van der Waals surface area contributed by atoms with Crippen molar-refractivity contribution in [2.45, 2.75) is 31.7 Å². The van der Waals surface area contributed by atoms with E-state index in [9.17, 15) is 13.2 Å². The first-order chi connectivity index (χ1) is 9.19. The van der Waals surface area contributed by atoms with E-state index in [0.29, 0.717) is 5.56 Å². The van der Waals surface area contributed by atoms with Crippen molar-refractivity contribution in [3.8, 4) is 0 Å². The van der Waals surface area contributed by atoms with Gasteiger partial charge in [-0.1, -0.05) is 11.6 Å². The monoisotopic (exact) mass is 320 g/mol. The van der Waals surface area contributed by atoms with Gasteiger partial charge >= 0.3 is 5.97 Å². The average molecular weight is 321 g/mol. The summed E-state index contributed by atoms with van der Waals surface area (Å²) in [4.78, 5) is 11.3. The number of sulfonamides is 1. The predicted octanol–water partition coefficient (Wildman–Crippen LogP) is 1.46. The predicted molar refractivity (Wildman–Crippen MR) is 77.0 cm³/mol. The summed E-state index contributed by atoms with van der Waals surface area (Å²) in [5.74, 6) is -0.651. The van der Waals surface area contributed by atoms with Gasteiger partial charge in [0.15, 0.2) is 0 Å². The first kappa shape index (κ1) is 16.7. The van der Waals surface area contributed by atoms with Crippen LogP contribution in [0.1, 0.15) is 19.4 Å². The number of halogens is 1. The summed E-state index contributed by atoms with van der Waals surface area (Å²) < 4.78 is 31.2. The van der Waals surface area contributed by atoms with E-state index in [4.69, 9.17) is 22.1 Å². The topological polar surface area (TPSA) is 98.5 Å². The van der Waals surface area contributed by atoms with Crippen molar-refractivity contribution >= 4 is 33.3 Å². The molecule has 20 heavy (non-hydrogen) atoms. The Hall–Kier alpha value is -1.31. The summed E-state index contributed by atoms with van der Waals surface area (Å²) in [6.45, 7) is 4.89. The Labute approximate surface area is 123 Å². The molecule has 0 amide bonds. The highest BCUT2D eigenvalue weighted by Gasteiger charge is 2.23. The number of hydrogen-bond acceptors (Lipinski definition) is 5. The summed E-state index contributed by atoms with van der Waals surface area (Å²) in [5, 5.41) is 0.245. The van der Waals surface area contributed by atoms with Gasteiger partial charge in [-0.3, -0.25) is 4.79 Å². The van der Waals surface area contributed by atoms with E-state index in [0.717, 1.165) is 0 Å². The molecular formula is C12H17ClN2O4S. The summed E-state index contributed by atoms with van der Waals surface area (Å²) in [6, 6.07) is 1.58. The fourth-order valence-electron chi connectivity index (χ4n) is 1.45. The second kappa shape index (κ2) is 6.43.